The highest BCUT2D eigenvalue weighted by Crippen LogP contribution is 2.32. The van der Waals surface area contributed by atoms with Gasteiger partial charge in [-0.05, 0) is 36.0 Å². The average Bonchev–Trinajstić information content (AvgIpc) is 2.91. The summed E-state index contributed by atoms with van der Waals surface area (Å²) in [5.41, 5.74) is 1.95. The van der Waals surface area contributed by atoms with Gasteiger partial charge in [0.1, 0.15) is 0 Å². The lowest BCUT2D eigenvalue weighted by molar-refractivity contribution is 1.37. The molecule has 6 aromatic rings. The third kappa shape index (κ3) is 4.82. The van der Waals surface area contributed by atoms with Crippen molar-refractivity contribution >= 4 is 45.6 Å². The molecule has 0 aliphatic heterocycles. The molecule has 33 heavy (non-hydrogen) atoms. The summed E-state index contributed by atoms with van der Waals surface area (Å²) in [5.74, 6) is 0. The van der Waals surface area contributed by atoms with Crippen LogP contribution in [0.5, 0.6) is 0 Å². The van der Waals surface area contributed by atoms with E-state index in [0.717, 1.165) is 21.8 Å². The van der Waals surface area contributed by atoms with Gasteiger partial charge in [-0.25, -0.2) is 0 Å². The lowest BCUT2D eigenvalue weighted by Gasteiger charge is -2.18. The van der Waals surface area contributed by atoms with Crippen LogP contribution >= 0.6 is 7.92 Å². The van der Waals surface area contributed by atoms with Crippen LogP contribution in [0.4, 0.5) is 0 Å². The highest BCUT2D eigenvalue weighted by Gasteiger charge is 2.15. The van der Waals surface area contributed by atoms with Crippen molar-refractivity contribution in [3.8, 4) is 0 Å². The van der Waals surface area contributed by atoms with Crippen molar-refractivity contribution in [2.24, 2.45) is 0 Å². The average molecular weight is 443 g/mol. The van der Waals surface area contributed by atoms with E-state index in [4.69, 9.17) is 0 Å². The van der Waals surface area contributed by atoms with Crippen LogP contribution in [0.2, 0.25) is 0 Å². The van der Waals surface area contributed by atoms with Crippen molar-refractivity contribution < 1.29 is 0 Å². The van der Waals surface area contributed by atoms with Gasteiger partial charge in [0.25, 0.3) is 0 Å². The van der Waals surface area contributed by atoms with E-state index in [0.29, 0.717) is 0 Å². The Morgan fingerprint density at radius 3 is 1.09 bits per heavy atom. The number of fused-ring (bicyclic) bond motifs is 3. The van der Waals surface area contributed by atoms with Crippen molar-refractivity contribution in [1.82, 2.24) is 9.97 Å². The molecular weight excluding hydrogens is 419 g/mol. The van der Waals surface area contributed by atoms with Crippen LogP contribution in [0.3, 0.4) is 0 Å². The third-order valence-corrected chi connectivity index (χ3v) is 7.83. The summed E-state index contributed by atoms with van der Waals surface area (Å²) in [6, 6.07) is 44.5. The number of nitrogens with zero attached hydrogens (tertiary/aromatic N) is 2. The molecule has 158 valence electrons. The third-order valence-electron chi connectivity index (χ3n) is 5.39. The minimum atomic E-state index is -0.446. The molecule has 0 amide bonds. The first-order valence-corrected chi connectivity index (χ1v) is 12.3. The Morgan fingerprint density at radius 2 is 0.727 bits per heavy atom. The zero-order chi connectivity index (χ0) is 22.3. The van der Waals surface area contributed by atoms with Crippen LogP contribution in [-0.2, 0) is 0 Å². The summed E-state index contributed by atoms with van der Waals surface area (Å²) in [6.07, 6.45) is 3.60. The molecule has 2 aromatic heterocycles. The summed E-state index contributed by atoms with van der Waals surface area (Å²) in [4.78, 5) is 8.69. The van der Waals surface area contributed by atoms with Crippen LogP contribution < -0.4 is 15.9 Å². The zero-order valence-corrected chi connectivity index (χ0v) is 19.0. The lowest BCUT2D eigenvalue weighted by atomic mass is 10.1. The van der Waals surface area contributed by atoms with Gasteiger partial charge in [0.05, 0.1) is 11.0 Å². The summed E-state index contributed by atoms with van der Waals surface area (Å²) >= 11 is 0. The van der Waals surface area contributed by atoms with Gasteiger partial charge in [-0.2, -0.15) is 0 Å². The lowest BCUT2D eigenvalue weighted by Crippen LogP contribution is -2.20. The Hall–Kier alpha value is -3.87. The summed E-state index contributed by atoms with van der Waals surface area (Å²) in [7, 11) is -0.446. The van der Waals surface area contributed by atoms with Crippen molar-refractivity contribution in [2.45, 2.75) is 0 Å². The van der Waals surface area contributed by atoms with Crippen LogP contribution in [0.15, 0.2) is 140 Å². The minimum absolute atomic E-state index is 0.446. The quantitative estimate of drug-likeness (QED) is 0.240. The Labute approximate surface area is 195 Å². The van der Waals surface area contributed by atoms with E-state index in [2.05, 4.69) is 125 Å². The van der Waals surface area contributed by atoms with Gasteiger partial charge in [-0.1, -0.05) is 115 Å². The molecule has 3 heteroatoms. The molecule has 0 atom stereocenters. The fourth-order valence-corrected chi connectivity index (χ4v) is 6.16. The number of aromatic nitrogens is 2. The van der Waals surface area contributed by atoms with E-state index < -0.39 is 7.92 Å². The SMILES string of the molecule is c1ccc(P(c2ccccc2)c2ccccc2)cc1.c1cnc2c(c1)ccc1cccnc12. The highest BCUT2D eigenvalue weighted by molar-refractivity contribution is 7.79. The van der Waals surface area contributed by atoms with Gasteiger partial charge in [0.15, 0.2) is 0 Å². The molecule has 0 bridgehead atoms. The Balaban J connectivity index is 0.000000144. The van der Waals surface area contributed by atoms with E-state index in [1.165, 1.54) is 15.9 Å². The number of hydrogen-bond donors (Lipinski definition) is 0. The van der Waals surface area contributed by atoms with Crippen molar-refractivity contribution in [1.29, 1.82) is 0 Å². The normalized spacial score (nSPS) is 10.7. The maximum atomic E-state index is 4.35. The molecule has 0 fully saturated rings. The van der Waals surface area contributed by atoms with Crippen molar-refractivity contribution in [3.05, 3.63) is 140 Å². The second-order valence-corrected chi connectivity index (χ2v) is 9.78. The van der Waals surface area contributed by atoms with Gasteiger partial charge < -0.3 is 0 Å². The van der Waals surface area contributed by atoms with E-state index in [1.54, 1.807) is 12.4 Å². The van der Waals surface area contributed by atoms with E-state index in [-0.39, 0.29) is 0 Å². The Morgan fingerprint density at radius 1 is 0.364 bits per heavy atom. The molecule has 0 saturated carbocycles. The van der Waals surface area contributed by atoms with Gasteiger partial charge in [-0.3, -0.25) is 9.97 Å². The van der Waals surface area contributed by atoms with E-state index >= 15 is 0 Å². The Bertz CT molecular complexity index is 1300. The predicted molar refractivity (Wildman–Crippen MR) is 142 cm³/mol. The Kier molecular flexibility index (Phi) is 6.47. The fraction of sp³-hybridized carbons (Fsp3) is 0. The smallest absolute Gasteiger partial charge is 0.0964 e. The van der Waals surface area contributed by atoms with Gasteiger partial charge >= 0.3 is 0 Å². The standard InChI is InChI=1S/C18H15P.C12H8N2/c1-4-10-16(11-5-1)19(17-12-6-2-7-13-17)18-14-8-3-9-15-18;1-3-9-5-6-10-4-2-8-14-12(10)11(9)13-7-1/h1-15H;1-8H. The first-order chi connectivity index (χ1) is 16.4. The molecule has 2 heterocycles. The number of hydrogen-bond acceptors (Lipinski definition) is 2. The van der Waals surface area contributed by atoms with Gasteiger partial charge in [0, 0.05) is 23.2 Å². The van der Waals surface area contributed by atoms with Gasteiger partial charge in [0.2, 0.25) is 0 Å². The zero-order valence-electron chi connectivity index (χ0n) is 18.1. The molecule has 6 rings (SSSR count). The van der Waals surface area contributed by atoms with Crippen molar-refractivity contribution in [2.75, 3.05) is 0 Å². The first-order valence-electron chi connectivity index (χ1n) is 10.9. The molecule has 4 aromatic carbocycles. The molecular formula is C30H23N2P. The molecule has 2 nitrogen and oxygen atoms in total. The minimum Gasteiger partial charge on any atom is -0.254 e. The molecule has 0 aliphatic rings. The second-order valence-electron chi connectivity index (χ2n) is 7.56. The summed E-state index contributed by atoms with van der Waals surface area (Å²) < 4.78 is 0. The second kappa shape index (κ2) is 10.2. The van der Waals surface area contributed by atoms with Crippen molar-refractivity contribution in [3.63, 3.8) is 0 Å². The van der Waals surface area contributed by atoms with Crippen LogP contribution in [0.25, 0.3) is 21.8 Å². The maximum Gasteiger partial charge on any atom is 0.0964 e. The largest absolute Gasteiger partial charge is 0.254 e. The number of pyridine rings is 2. The van der Waals surface area contributed by atoms with Crippen LogP contribution in [0.1, 0.15) is 0 Å². The van der Waals surface area contributed by atoms with Crippen LogP contribution in [-0.4, -0.2) is 9.97 Å². The molecule has 0 aliphatic carbocycles. The summed E-state index contributed by atoms with van der Waals surface area (Å²) in [6.45, 7) is 0. The maximum absolute atomic E-state index is 4.35. The first kappa shape index (κ1) is 21.0. The van der Waals surface area contributed by atoms with E-state index in [9.17, 15) is 0 Å². The fourth-order valence-electron chi connectivity index (χ4n) is 3.86. The highest BCUT2D eigenvalue weighted by atomic mass is 31.1. The van der Waals surface area contributed by atoms with E-state index in [1.807, 2.05) is 12.1 Å². The number of rotatable bonds is 3. The topological polar surface area (TPSA) is 25.8 Å². The predicted octanol–water partition coefficient (Wildman–Crippen LogP) is 6.23. The molecule has 0 spiro atoms. The molecule has 0 unspecified atom stereocenters. The molecule has 0 N–H and O–H groups in total. The van der Waals surface area contributed by atoms with Gasteiger partial charge in [-0.15, -0.1) is 0 Å². The van der Waals surface area contributed by atoms with Crippen LogP contribution in [0, 0.1) is 0 Å². The molecule has 0 radical (unpaired) electrons. The molecule has 0 saturated heterocycles. The monoisotopic (exact) mass is 442 g/mol. The summed E-state index contributed by atoms with van der Waals surface area (Å²) in [5, 5.41) is 6.47. The number of benzene rings is 4.